The Hall–Kier alpha value is -0.820. The van der Waals surface area contributed by atoms with Gasteiger partial charge in [0.1, 0.15) is 0 Å². The minimum absolute atomic E-state index is 0.118. The minimum atomic E-state index is -3.62. The fourth-order valence-electron chi connectivity index (χ4n) is 3.54. The van der Waals surface area contributed by atoms with Gasteiger partial charge in [-0.1, -0.05) is 42.5 Å². The molecule has 1 aliphatic carbocycles. The summed E-state index contributed by atoms with van der Waals surface area (Å²) in [6.07, 6.45) is 5.35. The number of benzene rings is 1. The lowest BCUT2D eigenvalue weighted by Gasteiger charge is -2.36. The number of amides is 1. The van der Waals surface area contributed by atoms with Crippen LogP contribution in [0.15, 0.2) is 23.1 Å². The van der Waals surface area contributed by atoms with Gasteiger partial charge in [-0.05, 0) is 31.0 Å². The summed E-state index contributed by atoms with van der Waals surface area (Å²) in [5.74, 6) is 0.304. The largest absolute Gasteiger partial charge is 0.340 e. The Morgan fingerprint density at radius 3 is 2.20 bits per heavy atom. The van der Waals surface area contributed by atoms with Crippen LogP contribution in [0.25, 0.3) is 0 Å². The van der Waals surface area contributed by atoms with Gasteiger partial charge in [0.2, 0.25) is 15.9 Å². The standard InChI is InChI=1S/C17H22Cl2N2O3S/c18-15-7-6-14(12-16(15)19)25(23,24)21-10-8-20(9-11-21)17(22)13-4-2-1-3-5-13/h6-7,12-13H,1-5,8-11H2. The van der Waals surface area contributed by atoms with Crippen molar-refractivity contribution in [2.45, 2.75) is 37.0 Å². The molecule has 0 spiro atoms. The summed E-state index contributed by atoms with van der Waals surface area (Å²) in [5.41, 5.74) is 0. The second-order valence-electron chi connectivity index (χ2n) is 6.64. The number of hydrogen-bond acceptors (Lipinski definition) is 3. The molecule has 1 saturated carbocycles. The summed E-state index contributed by atoms with van der Waals surface area (Å²) in [6, 6.07) is 4.32. The van der Waals surface area contributed by atoms with Gasteiger partial charge in [-0.2, -0.15) is 4.31 Å². The molecule has 2 fully saturated rings. The molecular formula is C17H22Cl2N2O3S. The summed E-state index contributed by atoms with van der Waals surface area (Å²) in [4.78, 5) is 14.5. The predicted octanol–water partition coefficient (Wildman–Crippen LogP) is 3.41. The van der Waals surface area contributed by atoms with Gasteiger partial charge >= 0.3 is 0 Å². The van der Waals surface area contributed by atoms with Gasteiger partial charge in [0, 0.05) is 32.1 Å². The SMILES string of the molecule is O=C(C1CCCCC1)N1CCN(S(=O)(=O)c2ccc(Cl)c(Cl)c2)CC1. The van der Waals surface area contributed by atoms with Crippen LogP contribution in [0.3, 0.4) is 0 Å². The molecule has 1 aromatic rings. The lowest BCUT2D eigenvalue weighted by atomic mass is 9.88. The maximum atomic E-state index is 12.7. The van der Waals surface area contributed by atoms with E-state index in [1.807, 2.05) is 4.90 Å². The highest BCUT2D eigenvalue weighted by Crippen LogP contribution is 2.28. The smallest absolute Gasteiger partial charge is 0.243 e. The topological polar surface area (TPSA) is 57.7 Å². The summed E-state index contributed by atoms with van der Waals surface area (Å²) in [7, 11) is -3.62. The van der Waals surface area contributed by atoms with E-state index < -0.39 is 10.0 Å². The van der Waals surface area contributed by atoms with Gasteiger partial charge < -0.3 is 4.90 Å². The molecule has 5 nitrogen and oxygen atoms in total. The van der Waals surface area contributed by atoms with Crippen LogP contribution in [0.2, 0.25) is 10.0 Å². The van der Waals surface area contributed by atoms with E-state index in [1.54, 1.807) is 0 Å². The van der Waals surface area contributed by atoms with Crippen LogP contribution in [-0.2, 0) is 14.8 Å². The highest BCUT2D eigenvalue weighted by molar-refractivity contribution is 7.89. The molecule has 8 heteroatoms. The Bertz CT molecular complexity index is 740. The number of carbonyl (C=O) groups is 1. The van der Waals surface area contributed by atoms with Crippen LogP contribution >= 0.6 is 23.2 Å². The number of halogens is 2. The van der Waals surface area contributed by atoms with Crippen LogP contribution in [0.5, 0.6) is 0 Å². The Morgan fingerprint density at radius 1 is 0.960 bits per heavy atom. The molecule has 0 N–H and O–H groups in total. The molecule has 2 aliphatic rings. The number of piperazine rings is 1. The van der Waals surface area contributed by atoms with Crippen molar-refractivity contribution < 1.29 is 13.2 Å². The molecule has 0 unspecified atom stereocenters. The second-order valence-corrected chi connectivity index (χ2v) is 9.39. The summed E-state index contributed by atoms with van der Waals surface area (Å²) in [5, 5.41) is 0.539. The Kier molecular flexibility index (Phi) is 5.93. The molecule has 1 aliphatic heterocycles. The van der Waals surface area contributed by atoms with Gasteiger partial charge in [0.05, 0.1) is 14.9 Å². The maximum Gasteiger partial charge on any atom is 0.243 e. The van der Waals surface area contributed by atoms with E-state index in [0.29, 0.717) is 31.2 Å². The van der Waals surface area contributed by atoms with Gasteiger partial charge in [-0.3, -0.25) is 4.79 Å². The molecule has 0 bridgehead atoms. The minimum Gasteiger partial charge on any atom is -0.340 e. The molecule has 1 heterocycles. The molecule has 1 amide bonds. The average Bonchev–Trinajstić information content (AvgIpc) is 2.64. The average molecular weight is 405 g/mol. The fourth-order valence-corrected chi connectivity index (χ4v) is 5.35. The fraction of sp³-hybridized carbons (Fsp3) is 0.588. The number of hydrogen-bond donors (Lipinski definition) is 0. The number of nitrogens with zero attached hydrogens (tertiary/aromatic N) is 2. The van der Waals surface area contributed by atoms with Gasteiger partial charge in [-0.15, -0.1) is 0 Å². The van der Waals surface area contributed by atoms with E-state index in [-0.39, 0.29) is 21.7 Å². The maximum absolute atomic E-state index is 12.7. The van der Waals surface area contributed by atoms with Gasteiger partial charge in [0.25, 0.3) is 0 Å². The molecule has 25 heavy (non-hydrogen) atoms. The van der Waals surface area contributed by atoms with Crippen LogP contribution in [0.1, 0.15) is 32.1 Å². The molecule has 0 atom stereocenters. The zero-order valence-electron chi connectivity index (χ0n) is 14.0. The Balaban J connectivity index is 1.64. The van der Waals surface area contributed by atoms with Crippen LogP contribution in [-0.4, -0.2) is 49.7 Å². The highest BCUT2D eigenvalue weighted by atomic mass is 35.5. The monoisotopic (exact) mass is 404 g/mol. The third-order valence-corrected chi connectivity index (χ3v) is 7.67. The second kappa shape index (κ2) is 7.82. The van der Waals surface area contributed by atoms with Crippen molar-refractivity contribution in [3.8, 4) is 0 Å². The van der Waals surface area contributed by atoms with E-state index in [1.165, 1.54) is 28.9 Å². The van der Waals surface area contributed by atoms with Crippen molar-refractivity contribution in [3.05, 3.63) is 28.2 Å². The van der Waals surface area contributed by atoms with Crippen molar-refractivity contribution in [1.29, 1.82) is 0 Å². The molecule has 0 radical (unpaired) electrons. The Labute approximate surface area is 158 Å². The summed E-state index contributed by atoms with van der Waals surface area (Å²) >= 11 is 11.8. The van der Waals surface area contributed by atoms with Crippen molar-refractivity contribution in [2.75, 3.05) is 26.2 Å². The molecule has 1 aromatic carbocycles. The van der Waals surface area contributed by atoms with Crippen LogP contribution in [0.4, 0.5) is 0 Å². The normalized spacial score (nSPS) is 20.6. The molecule has 0 aromatic heterocycles. The zero-order chi connectivity index (χ0) is 18.0. The Morgan fingerprint density at radius 2 is 1.60 bits per heavy atom. The van der Waals surface area contributed by atoms with Gasteiger partial charge in [-0.25, -0.2) is 8.42 Å². The van der Waals surface area contributed by atoms with E-state index in [9.17, 15) is 13.2 Å². The third kappa shape index (κ3) is 4.13. The zero-order valence-corrected chi connectivity index (χ0v) is 16.3. The summed E-state index contributed by atoms with van der Waals surface area (Å²) < 4.78 is 26.9. The number of carbonyl (C=O) groups excluding carboxylic acids is 1. The van der Waals surface area contributed by atoms with Crippen LogP contribution < -0.4 is 0 Å². The quantitative estimate of drug-likeness (QED) is 0.775. The highest BCUT2D eigenvalue weighted by Gasteiger charge is 2.33. The summed E-state index contributed by atoms with van der Waals surface area (Å²) in [6.45, 7) is 1.49. The lowest BCUT2D eigenvalue weighted by molar-refractivity contribution is -0.137. The number of rotatable bonds is 3. The van der Waals surface area contributed by atoms with Crippen molar-refractivity contribution in [2.24, 2.45) is 5.92 Å². The van der Waals surface area contributed by atoms with Crippen LogP contribution in [0, 0.1) is 5.92 Å². The molecule has 138 valence electrons. The first-order valence-electron chi connectivity index (χ1n) is 8.63. The van der Waals surface area contributed by atoms with E-state index in [4.69, 9.17) is 23.2 Å². The first kappa shape index (κ1) is 19.0. The lowest BCUT2D eigenvalue weighted by Crippen LogP contribution is -2.52. The number of sulfonamides is 1. The first-order valence-corrected chi connectivity index (χ1v) is 10.8. The third-order valence-electron chi connectivity index (χ3n) is 5.03. The van der Waals surface area contributed by atoms with Gasteiger partial charge in [0.15, 0.2) is 0 Å². The predicted molar refractivity (Wildman–Crippen MR) is 98.4 cm³/mol. The van der Waals surface area contributed by atoms with E-state index in [2.05, 4.69) is 0 Å². The van der Waals surface area contributed by atoms with E-state index in [0.717, 1.165) is 25.7 Å². The van der Waals surface area contributed by atoms with Crippen molar-refractivity contribution >= 4 is 39.1 Å². The molecule has 3 rings (SSSR count). The molecule has 1 saturated heterocycles. The first-order chi connectivity index (χ1) is 11.9. The van der Waals surface area contributed by atoms with Crippen molar-refractivity contribution in [3.63, 3.8) is 0 Å². The van der Waals surface area contributed by atoms with Crippen molar-refractivity contribution in [1.82, 2.24) is 9.21 Å². The van der Waals surface area contributed by atoms with E-state index >= 15 is 0 Å². The molecular weight excluding hydrogens is 383 g/mol.